The van der Waals surface area contributed by atoms with Gasteiger partial charge in [-0.2, -0.15) is 0 Å². The topological polar surface area (TPSA) is 52.5 Å². The van der Waals surface area contributed by atoms with E-state index in [-0.39, 0.29) is 11.4 Å². The number of benzene rings is 2. The molecule has 0 N–H and O–H groups in total. The van der Waals surface area contributed by atoms with Gasteiger partial charge in [-0.1, -0.05) is 42.1 Å². The highest BCUT2D eigenvalue weighted by Gasteiger charge is 2.00. The van der Waals surface area contributed by atoms with Crippen molar-refractivity contribution in [3.05, 3.63) is 41.3 Å². The summed E-state index contributed by atoms with van der Waals surface area (Å²) in [5.74, 6) is -0.325. The third-order valence-electron chi connectivity index (χ3n) is 1.95. The second-order valence-corrected chi connectivity index (χ2v) is 2.72. The van der Waals surface area contributed by atoms with Crippen molar-refractivity contribution in [3.8, 4) is 5.75 Å². The summed E-state index contributed by atoms with van der Waals surface area (Å²) in [5, 5.41) is 15.4. The molecule has 3 heteroatoms. The summed E-state index contributed by atoms with van der Waals surface area (Å²) in [4.78, 5) is 10.4. The zero-order chi connectivity index (χ0) is 9.26. The monoisotopic (exact) mass is 172 g/mol. The van der Waals surface area contributed by atoms with Crippen molar-refractivity contribution >= 4 is 16.5 Å². The summed E-state index contributed by atoms with van der Waals surface area (Å²) in [7, 11) is 0. The summed E-state index contributed by atoms with van der Waals surface area (Å²) >= 11 is 0. The molecule has 0 atom stereocenters. The first-order chi connectivity index (χ1) is 6.33. The van der Waals surface area contributed by atoms with E-state index in [0.717, 1.165) is 5.39 Å². The van der Waals surface area contributed by atoms with Crippen LogP contribution in [0.2, 0.25) is 0 Å². The number of hydrogen-bond acceptors (Lipinski definition) is 3. The van der Waals surface area contributed by atoms with Crippen molar-refractivity contribution < 1.29 is 5.11 Å². The molecular formula is C10H6NO2-. The first-order valence-electron chi connectivity index (χ1n) is 3.85. The minimum Gasteiger partial charge on any atom is -0.871 e. The minimum atomic E-state index is -0.325. The Labute approximate surface area is 74.6 Å². The molecule has 0 saturated carbocycles. The summed E-state index contributed by atoms with van der Waals surface area (Å²) in [6, 6.07) is 10.2. The van der Waals surface area contributed by atoms with E-state index in [1.807, 2.05) is 12.1 Å². The van der Waals surface area contributed by atoms with Crippen LogP contribution in [0.5, 0.6) is 5.75 Å². The Balaban J connectivity index is 2.91. The van der Waals surface area contributed by atoms with E-state index < -0.39 is 0 Å². The highest BCUT2D eigenvalue weighted by molar-refractivity contribution is 5.94. The number of hydrogen-bond donors (Lipinski definition) is 0. The number of rotatable bonds is 1. The molecule has 0 bridgehead atoms. The van der Waals surface area contributed by atoms with Gasteiger partial charge in [0.05, 0.1) is 0 Å². The number of fused-ring (bicyclic) bond motifs is 1. The molecule has 0 aliphatic rings. The fourth-order valence-corrected chi connectivity index (χ4v) is 1.33. The highest BCUT2D eigenvalue weighted by Crippen LogP contribution is 2.32. The summed E-state index contributed by atoms with van der Waals surface area (Å²) in [6.45, 7) is 0. The molecule has 0 saturated heterocycles. The van der Waals surface area contributed by atoms with Gasteiger partial charge in [-0.25, -0.2) is 0 Å². The van der Waals surface area contributed by atoms with Crippen molar-refractivity contribution in [2.45, 2.75) is 0 Å². The maximum atomic E-state index is 11.2. The second-order valence-electron chi connectivity index (χ2n) is 2.72. The zero-order valence-electron chi connectivity index (χ0n) is 6.73. The van der Waals surface area contributed by atoms with Gasteiger partial charge in [0.25, 0.3) is 0 Å². The van der Waals surface area contributed by atoms with E-state index in [2.05, 4.69) is 5.18 Å². The molecule has 0 radical (unpaired) electrons. The maximum Gasteiger partial charge on any atom is 0.107 e. The summed E-state index contributed by atoms with van der Waals surface area (Å²) in [5.41, 5.74) is -0.00176. The fraction of sp³-hybridized carbons (Fsp3) is 0. The van der Waals surface area contributed by atoms with Gasteiger partial charge in [0, 0.05) is 5.39 Å². The molecule has 2 rings (SSSR count). The quantitative estimate of drug-likeness (QED) is 0.619. The van der Waals surface area contributed by atoms with Crippen LogP contribution in [0.4, 0.5) is 5.69 Å². The molecule has 2 aromatic rings. The van der Waals surface area contributed by atoms with Gasteiger partial charge in [0.2, 0.25) is 0 Å². The third-order valence-corrected chi connectivity index (χ3v) is 1.95. The van der Waals surface area contributed by atoms with E-state index in [4.69, 9.17) is 0 Å². The lowest BCUT2D eigenvalue weighted by atomic mass is 10.1. The van der Waals surface area contributed by atoms with Crippen LogP contribution < -0.4 is 5.11 Å². The molecule has 64 valence electrons. The van der Waals surface area contributed by atoms with Gasteiger partial charge in [-0.05, 0) is 10.6 Å². The fourth-order valence-electron chi connectivity index (χ4n) is 1.33. The smallest absolute Gasteiger partial charge is 0.107 e. The maximum absolute atomic E-state index is 11.2. The van der Waals surface area contributed by atoms with Crippen LogP contribution in [0.3, 0.4) is 0 Å². The Morgan fingerprint density at radius 1 is 1.08 bits per heavy atom. The Bertz CT molecular complexity index is 465. The van der Waals surface area contributed by atoms with Gasteiger partial charge < -0.3 is 5.11 Å². The largest absolute Gasteiger partial charge is 0.871 e. The predicted octanol–water partition coefficient (Wildman–Crippen LogP) is 2.31. The minimum absolute atomic E-state index is 0.00176. The van der Waals surface area contributed by atoms with Crippen LogP contribution >= 0.6 is 0 Å². The lowest BCUT2D eigenvalue weighted by Gasteiger charge is -2.09. The van der Waals surface area contributed by atoms with Crippen LogP contribution in [-0.2, 0) is 0 Å². The molecular weight excluding hydrogens is 166 g/mol. The van der Waals surface area contributed by atoms with Gasteiger partial charge in [-0.15, -0.1) is 4.91 Å². The van der Waals surface area contributed by atoms with Crippen LogP contribution in [0.25, 0.3) is 10.8 Å². The normalized spacial score (nSPS) is 10.2. The van der Waals surface area contributed by atoms with Crippen molar-refractivity contribution in [1.29, 1.82) is 0 Å². The van der Waals surface area contributed by atoms with Crippen molar-refractivity contribution in [3.63, 3.8) is 0 Å². The van der Waals surface area contributed by atoms with E-state index in [1.165, 1.54) is 6.07 Å². The molecule has 0 spiro atoms. The highest BCUT2D eigenvalue weighted by atomic mass is 16.3. The SMILES string of the molecule is O=Nc1c([O-])ccc2ccccc12. The summed E-state index contributed by atoms with van der Waals surface area (Å²) < 4.78 is 0. The van der Waals surface area contributed by atoms with Crippen LogP contribution in [-0.4, -0.2) is 0 Å². The van der Waals surface area contributed by atoms with E-state index in [9.17, 15) is 10.0 Å². The zero-order valence-corrected chi connectivity index (χ0v) is 6.73. The third kappa shape index (κ3) is 1.14. The molecule has 3 nitrogen and oxygen atoms in total. The molecule has 0 aliphatic carbocycles. The molecule has 0 amide bonds. The average Bonchev–Trinajstić information content (AvgIpc) is 2.18. The molecule has 2 aromatic carbocycles. The molecule has 13 heavy (non-hydrogen) atoms. The molecule has 0 aromatic heterocycles. The first kappa shape index (κ1) is 7.73. The second kappa shape index (κ2) is 2.86. The lowest BCUT2D eigenvalue weighted by Crippen LogP contribution is -1.89. The Morgan fingerprint density at radius 3 is 2.62 bits per heavy atom. The predicted molar refractivity (Wildman–Crippen MR) is 48.8 cm³/mol. The van der Waals surface area contributed by atoms with Gasteiger partial charge >= 0.3 is 0 Å². The van der Waals surface area contributed by atoms with Crippen LogP contribution in [0.1, 0.15) is 0 Å². The van der Waals surface area contributed by atoms with Gasteiger partial charge in [0.1, 0.15) is 5.69 Å². The number of nitroso groups, excluding NO2 is 1. The summed E-state index contributed by atoms with van der Waals surface area (Å²) in [6.07, 6.45) is 0. The van der Waals surface area contributed by atoms with Gasteiger partial charge in [0.15, 0.2) is 0 Å². The number of nitrogens with zero attached hydrogens (tertiary/aromatic N) is 1. The molecule has 0 heterocycles. The first-order valence-corrected chi connectivity index (χ1v) is 3.85. The van der Waals surface area contributed by atoms with E-state index in [1.54, 1.807) is 18.2 Å². The van der Waals surface area contributed by atoms with Crippen molar-refractivity contribution in [2.24, 2.45) is 5.18 Å². The van der Waals surface area contributed by atoms with Crippen molar-refractivity contribution in [1.82, 2.24) is 0 Å². The standard InChI is InChI=1S/C10H7NO2/c12-9-6-5-7-3-1-2-4-8(7)10(9)11-13/h1-6,12H/p-1. The Morgan fingerprint density at radius 2 is 1.85 bits per heavy atom. The Hall–Kier alpha value is -1.90. The van der Waals surface area contributed by atoms with Crippen LogP contribution in [0.15, 0.2) is 41.6 Å². The van der Waals surface area contributed by atoms with E-state index >= 15 is 0 Å². The molecule has 0 unspecified atom stereocenters. The Kier molecular flexibility index (Phi) is 1.70. The van der Waals surface area contributed by atoms with Crippen molar-refractivity contribution in [2.75, 3.05) is 0 Å². The molecule has 0 fully saturated rings. The van der Waals surface area contributed by atoms with E-state index in [0.29, 0.717) is 5.39 Å². The lowest BCUT2D eigenvalue weighted by molar-refractivity contribution is -0.267. The average molecular weight is 172 g/mol. The van der Waals surface area contributed by atoms with Crippen LogP contribution in [0, 0.1) is 4.91 Å². The molecule has 0 aliphatic heterocycles. The van der Waals surface area contributed by atoms with Gasteiger partial charge in [-0.3, -0.25) is 0 Å².